The van der Waals surface area contributed by atoms with Gasteiger partial charge >= 0.3 is 0 Å². The fourth-order valence-corrected chi connectivity index (χ4v) is 3.93. The van der Waals surface area contributed by atoms with Crippen molar-refractivity contribution in [2.24, 2.45) is 11.8 Å². The Labute approximate surface area is 177 Å². The molecule has 2 aliphatic carbocycles. The molecule has 0 heterocycles. The predicted octanol–water partition coefficient (Wildman–Crippen LogP) is 3.24. The monoisotopic (exact) mass is 447 g/mol. The highest BCUT2D eigenvalue weighted by molar-refractivity contribution is 8.93. The predicted molar refractivity (Wildman–Crippen MR) is 118 cm³/mol. The van der Waals surface area contributed by atoms with Gasteiger partial charge < -0.3 is 16.0 Å². The summed E-state index contributed by atoms with van der Waals surface area (Å²) in [6, 6.07) is 7.37. The molecule has 6 heteroatoms. The van der Waals surface area contributed by atoms with E-state index in [1.807, 2.05) is 24.3 Å². The van der Waals surface area contributed by atoms with Crippen molar-refractivity contribution in [1.82, 2.24) is 16.0 Å². The number of carbonyl (C=O) groups excluding carboxylic acids is 2. The number of carbonyl (C=O) groups is 2. The molecule has 28 heavy (non-hydrogen) atoms. The standard InChI is InChI=1S/C22H29N3O2.BrH/c1-4-12-24-13-11-14(2)25-18-10-9-17(23-3)19-20(18)22(27)16-8-6-5-7-15(16)21(19)26;/h5-10,14,19-20,23-25H,4,11-13H2,1-3H3;1H. The number of ketones is 2. The highest BCUT2D eigenvalue weighted by atomic mass is 79.9. The maximum Gasteiger partial charge on any atom is 0.173 e. The Morgan fingerprint density at radius 3 is 2.11 bits per heavy atom. The van der Waals surface area contributed by atoms with Gasteiger partial charge in [0.25, 0.3) is 0 Å². The Balaban J connectivity index is 0.00000280. The van der Waals surface area contributed by atoms with Crippen molar-refractivity contribution in [1.29, 1.82) is 0 Å². The molecule has 0 saturated heterocycles. The van der Waals surface area contributed by atoms with Crippen molar-refractivity contribution in [2.75, 3.05) is 20.1 Å². The van der Waals surface area contributed by atoms with E-state index in [4.69, 9.17) is 0 Å². The van der Waals surface area contributed by atoms with Crippen LogP contribution in [0.25, 0.3) is 0 Å². The zero-order chi connectivity index (χ0) is 19.4. The normalized spacial score (nSPS) is 21.5. The van der Waals surface area contributed by atoms with Crippen molar-refractivity contribution in [3.8, 4) is 0 Å². The van der Waals surface area contributed by atoms with E-state index < -0.39 is 11.8 Å². The van der Waals surface area contributed by atoms with Crippen LogP contribution in [0.2, 0.25) is 0 Å². The lowest BCUT2D eigenvalue weighted by molar-refractivity contribution is 0.0775. The lowest BCUT2D eigenvalue weighted by Gasteiger charge is -2.37. The third kappa shape index (κ3) is 4.39. The topological polar surface area (TPSA) is 70.2 Å². The smallest absolute Gasteiger partial charge is 0.173 e. The van der Waals surface area contributed by atoms with Crippen molar-refractivity contribution in [3.05, 3.63) is 58.9 Å². The molecule has 3 rings (SSSR count). The average molecular weight is 448 g/mol. The Morgan fingerprint density at radius 2 is 1.54 bits per heavy atom. The summed E-state index contributed by atoms with van der Waals surface area (Å²) in [6.45, 7) is 6.20. The second kappa shape index (κ2) is 10.0. The maximum atomic E-state index is 13.2. The van der Waals surface area contributed by atoms with Gasteiger partial charge in [-0.25, -0.2) is 0 Å². The van der Waals surface area contributed by atoms with Gasteiger partial charge in [0, 0.05) is 35.6 Å². The second-order valence-electron chi connectivity index (χ2n) is 7.31. The Bertz CT molecular complexity index is 788. The number of halogens is 1. The molecule has 3 atom stereocenters. The second-order valence-corrected chi connectivity index (χ2v) is 7.31. The molecule has 1 aromatic rings. The first-order valence-corrected chi connectivity index (χ1v) is 9.82. The molecule has 0 spiro atoms. The molecular weight excluding hydrogens is 418 g/mol. The lowest BCUT2D eigenvalue weighted by atomic mass is 9.69. The van der Waals surface area contributed by atoms with Crippen molar-refractivity contribution >= 4 is 28.5 Å². The molecule has 0 aromatic heterocycles. The number of Topliss-reactive ketones (excluding diaryl/α,β-unsaturated/α-hetero) is 2. The van der Waals surface area contributed by atoms with Crippen LogP contribution >= 0.6 is 17.0 Å². The minimum absolute atomic E-state index is 0. The summed E-state index contributed by atoms with van der Waals surface area (Å²) in [4.78, 5) is 26.4. The third-order valence-electron chi connectivity index (χ3n) is 5.35. The Kier molecular flexibility index (Phi) is 8.01. The van der Waals surface area contributed by atoms with Crippen LogP contribution < -0.4 is 16.0 Å². The molecule has 2 aliphatic rings. The third-order valence-corrected chi connectivity index (χ3v) is 5.35. The molecule has 0 fully saturated rings. The average Bonchev–Trinajstić information content (AvgIpc) is 2.69. The van der Waals surface area contributed by atoms with E-state index >= 15 is 0 Å². The number of rotatable bonds is 8. The SMILES string of the molecule is Br.CCCNCCC(C)NC1=CC=C(NC)C2C(=O)c3ccccc3C(=O)C12. The van der Waals surface area contributed by atoms with E-state index in [1.54, 1.807) is 19.2 Å². The zero-order valence-electron chi connectivity index (χ0n) is 16.7. The molecule has 0 radical (unpaired) electrons. The molecular formula is C22H30BrN3O2. The molecule has 152 valence electrons. The van der Waals surface area contributed by atoms with Crippen molar-refractivity contribution in [2.45, 2.75) is 32.7 Å². The van der Waals surface area contributed by atoms with Crippen LogP contribution in [0.3, 0.4) is 0 Å². The molecule has 0 saturated carbocycles. The molecule has 3 unspecified atom stereocenters. The van der Waals surface area contributed by atoms with Crippen LogP contribution in [-0.4, -0.2) is 37.7 Å². The highest BCUT2D eigenvalue weighted by Gasteiger charge is 2.46. The molecule has 1 aromatic carbocycles. The van der Waals surface area contributed by atoms with Crippen LogP contribution in [0.1, 0.15) is 47.4 Å². The summed E-state index contributed by atoms with van der Waals surface area (Å²) in [6.07, 6.45) is 5.94. The molecule has 0 bridgehead atoms. The first-order valence-electron chi connectivity index (χ1n) is 9.82. The highest BCUT2D eigenvalue weighted by Crippen LogP contribution is 2.39. The van der Waals surface area contributed by atoms with Gasteiger partial charge in [0.05, 0.1) is 11.8 Å². The molecule has 0 amide bonds. The van der Waals surface area contributed by atoms with Gasteiger partial charge in [-0.15, -0.1) is 17.0 Å². The Hall–Kier alpha value is -1.92. The number of hydrogen-bond donors (Lipinski definition) is 3. The fraction of sp³-hybridized carbons (Fsp3) is 0.455. The van der Waals surface area contributed by atoms with Gasteiger partial charge in [0.1, 0.15) is 0 Å². The summed E-state index contributed by atoms with van der Waals surface area (Å²) < 4.78 is 0. The Morgan fingerprint density at radius 1 is 0.964 bits per heavy atom. The zero-order valence-corrected chi connectivity index (χ0v) is 18.5. The lowest BCUT2D eigenvalue weighted by Crippen LogP contribution is -2.46. The first-order chi connectivity index (χ1) is 13.1. The maximum absolute atomic E-state index is 13.2. The van der Waals surface area contributed by atoms with Crippen molar-refractivity contribution in [3.63, 3.8) is 0 Å². The number of allylic oxidation sites excluding steroid dienone is 4. The molecule has 3 N–H and O–H groups in total. The van der Waals surface area contributed by atoms with E-state index in [2.05, 4.69) is 29.8 Å². The van der Waals surface area contributed by atoms with Gasteiger partial charge in [-0.05, 0) is 45.0 Å². The van der Waals surface area contributed by atoms with Gasteiger partial charge in [-0.3, -0.25) is 9.59 Å². The van der Waals surface area contributed by atoms with Crippen LogP contribution in [0.4, 0.5) is 0 Å². The summed E-state index contributed by atoms with van der Waals surface area (Å²) in [5.74, 6) is -0.923. The summed E-state index contributed by atoms with van der Waals surface area (Å²) in [5, 5.41) is 10.0. The van der Waals surface area contributed by atoms with Gasteiger partial charge in [0.2, 0.25) is 0 Å². The van der Waals surface area contributed by atoms with Crippen LogP contribution in [0, 0.1) is 11.8 Å². The van der Waals surface area contributed by atoms with Gasteiger partial charge in [-0.1, -0.05) is 31.2 Å². The van der Waals surface area contributed by atoms with Gasteiger partial charge in [0.15, 0.2) is 11.6 Å². The summed E-state index contributed by atoms with van der Waals surface area (Å²) >= 11 is 0. The number of hydrogen-bond acceptors (Lipinski definition) is 5. The van der Waals surface area contributed by atoms with E-state index in [9.17, 15) is 9.59 Å². The van der Waals surface area contributed by atoms with Crippen molar-refractivity contribution < 1.29 is 9.59 Å². The van der Waals surface area contributed by atoms with Crippen LogP contribution in [0.15, 0.2) is 47.8 Å². The number of fused-ring (bicyclic) bond motifs is 2. The molecule has 0 aliphatic heterocycles. The van der Waals surface area contributed by atoms with E-state index in [0.717, 1.165) is 37.3 Å². The minimum atomic E-state index is -0.481. The van der Waals surface area contributed by atoms with E-state index in [0.29, 0.717) is 11.1 Å². The van der Waals surface area contributed by atoms with Crippen LogP contribution in [0.5, 0.6) is 0 Å². The largest absolute Gasteiger partial charge is 0.391 e. The summed E-state index contributed by atoms with van der Waals surface area (Å²) in [5.41, 5.74) is 2.71. The first kappa shape index (κ1) is 22.4. The van der Waals surface area contributed by atoms with Gasteiger partial charge in [-0.2, -0.15) is 0 Å². The number of nitrogens with one attached hydrogen (secondary N) is 3. The van der Waals surface area contributed by atoms with E-state index in [1.165, 1.54) is 0 Å². The van der Waals surface area contributed by atoms with E-state index in [-0.39, 0.29) is 34.6 Å². The number of benzene rings is 1. The fourth-order valence-electron chi connectivity index (χ4n) is 3.93. The minimum Gasteiger partial charge on any atom is -0.391 e. The quantitative estimate of drug-likeness (QED) is 0.533. The molecule has 5 nitrogen and oxygen atoms in total. The van der Waals surface area contributed by atoms with Crippen LogP contribution in [-0.2, 0) is 0 Å². The summed E-state index contributed by atoms with van der Waals surface area (Å²) in [7, 11) is 1.80.